The maximum Gasteiger partial charge on any atom is 0.328 e. The molecule has 0 spiro atoms. The first-order valence-corrected chi connectivity index (χ1v) is 22.3. The molecule has 5 aromatic rings. The van der Waals surface area contributed by atoms with Crippen molar-refractivity contribution in [3.05, 3.63) is 109 Å². The fourth-order valence-electron chi connectivity index (χ4n) is 7.43. The first-order chi connectivity index (χ1) is 30.8. The van der Waals surface area contributed by atoms with Crippen molar-refractivity contribution in [3.63, 3.8) is 0 Å². The third-order valence-corrected chi connectivity index (χ3v) is 10.7. The topological polar surface area (TPSA) is 196 Å². The van der Waals surface area contributed by atoms with E-state index in [2.05, 4.69) is 46.9 Å². The van der Waals surface area contributed by atoms with E-state index >= 15 is 0 Å². The highest BCUT2D eigenvalue weighted by Gasteiger charge is 2.31. The number of nitrogens with one attached hydrogen (secondary N) is 3. The van der Waals surface area contributed by atoms with E-state index in [1.165, 1.54) is 0 Å². The van der Waals surface area contributed by atoms with Crippen LogP contribution in [0, 0.1) is 11.8 Å². The summed E-state index contributed by atoms with van der Waals surface area (Å²) in [5, 5.41) is 12.4. The van der Waals surface area contributed by atoms with Gasteiger partial charge in [-0.3, -0.25) is 19.4 Å². The first kappa shape index (κ1) is 48.4. The van der Waals surface area contributed by atoms with Crippen molar-refractivity contribution in [2.45, 2.75) is 97.9 Å². The number of hydrogen-bond acceptors (Lipinski definition) is 8. The molecule has 64 heavy (non-hydrogen) atoms. The summed E-state index contributed by atoms with van der Waals surface area (Å²) in [6.45, 7) is 10.5. The normalized spacial score (nSPS) is 12.6. The summed E-state index contributed by atoms with van der Waals surface area (Å²) in [7, 11) is 0. The van der Waals surface area contributed by atoms with Crippen molar-refractivity contribution in [1.82, 2.24) is 16.0 Å². The van der Waals surface area contributed by atoms with E-state index in [0.717, 1.165) is 44.7 Å². The molecule has 13 heteroatoms. The average molecular weight is 873 g/mol. The van der Waals surface area contributed by atoms with E-state index in [1.807, 2.05) is 112 Å². The summed E-state index contributed by atoms with van der Waals surface area (Å²) in [4.78, 5) is 59.1. The number of carbonyl (C=O) groups is 4. The molecule has 0 saturated carbocycles. The molecule has 0 aliphatic rings. The molecule has 5 aromatic carbocycles. The Bertz CT molecular complexity index is 2360. The van der Waals surface area contributed by atoms with Crippen LogP contribution in [-0.2, 0) is 30.5 Å². The second kappa shape index (κ2) is 24.3. The molecule has 13 nitrogen and oxygen atoms in total. The van der Waals surface area contributed by atoms with Gasteiger partial charge >= 0.3 is 5.97 Å². The van der Waals surface area contributed by atoms with Gasteiger partial charge in [0.1, 0.15) is 36.2 Å². The van der Waals surface area contributed by atoms with Crippen molar-refractivity contribution in [1.29, 1.82) is 0 Å². The number of esters is 1. The average Bonchev–Trinajstić information content (AvgIpc) is 3.27. The van der Waals surface area contributed by atoms with Gasteiger partial charge in [-0.1, -0.05) is 132 Å². The standard InChI is InChI=1S/C51H64N6O7/c1-6-15-40(48(59)56-41(22-14-28-54-51(52)53)49(60)57-42(30-34(4)5)50(61)64-31-35-16-8-7-9-17-35)55-45(58)32-63-44-26-24-37-19-11-13-21-39(37)47(44)46-38-20-12-10-18-36(38)23-25-43(46)62-29-27-33(2)3/h7-13,16-21,23-26,33-34,40-42H,6,14-15,22,27-32H2,1-5H3,(H,55,58)(H,56,59)(H,57,60)(H4,52,53,54)/t40-,41-,42+/m1/s1. The van der Waals surface area contributed by atoms with Gasteiger partial charge < -0.3 is 41.6 Å². The number of rotatable bonds is 24. The van der Waals surface area contributed by atoms with E-state index in [1.54, 1.807) is 0 Å². The molecule has 0 bridgehead atoms. The molecule has 0 aromatic heterocycles. The Morgan fingerprint density at radius 3 is 1.77 bits per heavy atom. The Labute approximate surface area is 376 Å². The minimum Gasteiger partial charge on any atom is -0.493 e. The highest BCUT2D eigenvalue weighted by Crippen LogP contribution is 2.45. The van der Waals surface area contributed by atoms with Crippen molar-refractivity contribution in [3.8, 4) is 22.6 Å². The van der Waals surface area contributed by atoms with Crippen LogP contribution in [0.1, 0.15) is 78.7 Å². The summed E-state index contributed by atoms with van der Waals surface area (Å²) < 4.78 is 18.4. The summed E-state index contributed by atoms with van der Waals surface area (Å²) in [6, 6.07) is 30.2. The summed E-state index contributed by atoms with van der Waals surface area (Å²) >= 11 is 0. The SMILES string of the molecule is CCC[C@@H](NC(=O)COc1ccc2ccccc2c1-c1c(OCCC(C)C)ccc2ccccc12)C(=O)N[C@H](CCCN=C(N)N)C(=O)N[C@@H](CC(C)C)C(=O)OCc1ccccc1. The molecule has 0 fully saturated rings. The van der Waals surface area contributed by atoms with Gasteiger partial charge in [0.05, 0.1) is 6.61 Å². The number of aliphatic imine (C=N–C) groups is 1. The maximum absolute atomic E-state index is 14.0. The van der Waals surface area contributed by atoms with Crippen LogP contribution in [0.5, 0.6) is 11.5 Å². The lowest BCUT2D eigenvalue weighted by molar-refractivity contribution is -0.150. The lowest BCUT2D eigenvalue weighted by Crippen LogP contribution is -2.56. The van der Waals surface area contributed by atoms with Crippen LogP contribution >= 0.6 is 0 Å². The number of fused-ring (bicyclic) bond motifs is 2. The third-order valence-electron chi connectivity index (χ3n) is 10.7. The number of carbonyl (C=O) groups excluding carboxylic acids is 4. The number of hydrogen-bond donors (Lipinski definition) is 5. The van der Waals surface area contributed by atoms with E-state index in [-0.39, 0.29) is 37.9 Å². The largest absolute Gasteiger partial charge is 0.493 e. The second-order valence-corrected chi connectivity index (χ2v) is 16.8. The minimum absolute atomic E-state index is 0.0404. The molecule has 3 atom stereocenters. The molecule has 5 rings (SSSR count). The van der Waals surface area contributed by atoms with Crippen LogP contribution in [0.2, 0.25) is 0 Å². The Kier molecular flexibility index (Phi) is 18.4. The summed E-state index contributed by atoms with van der Waals surface area (Å²) in [6.07, 6.45) is 2.53. The zero-order chi connectivity index (χ0) is 46.0. The molecule has 0 unspecified atom stereocenters. The van der Waals surface area contributed by atoms with Gasteiger partial charge in [-0.2, -0.15) is 0 Å². The molecule has 0 radical (unpaired) electrons. The van der Waals surface area contributed by atoms with Crippen LogP contribution in [0.25, 0.3) is 32.7 Å². The van der Waals surface area contributed by atoms with Gasteiger partial charge in [0.15, 0.2) is 12.6 Å². The van der Waals surface area contributed by atoms with Crippen LogP contribution in [0.15, 0.2) is 108 Å². The third kappa shape index (κ3) is 14.2. The predicted octanol–water partition coefficient (Wildman–Crippen LogP) is 7.56. The van der Waals surface area contributed by atoms with Gasteiger partial charge in [-0.25, -0.2) is 4.79 Å². The van der Waals surface area contributed by atoms with Gasteiger partial charge in [0.25, 0.3) is 5.91 Å². The number of nitrogens with zero attached hydrogens (tertiary/aromatic N) is 1. The number of guanidine groups is 1. The molecule has 7 N–H and O–H groups in total. The highest BCUT2D eigenvalue weighted by molar-refractivity contribution is 6.10. The van der Waals surface area contributed by atoms with Gasteiger partial charge in [-0.15, -0.1) is 0 Å². The van der Waals surface area contributed by atoms with Crippen molar-refractivity contribution < 1.29 is 33.4 Å². The van der Waals surface area contributed by atoms with Gasteiger partial charge in [-0.05, 0) is 83.2 Å². The van der Waals surface area contributed by atoms with Crippen LogP contribution in [-0.4, -0.2) is 67.5 Å². The lowest BCUT2D eigenvalue weighted by atomic mass is 9.92. The molecule has 0 heterocycles. The van der Waals surface area contributed by atoms with Crippen molar-refractivity contribution in [2.24, 2.45) is 28.3 Å². The highest BCUT2D eigenvalue weighted by atomic mass is 16.5. The molecular formula is C51H64N6O7. The zero-order valence-electron chi connectivity index (χ0n) is 37.7. The Hall–Kier alpha value is -6.63. The fraction of sp³-hybridized carbons (Fsp3) is 0.392. The van der Waals surface area contributed by atoms with E-state index in [9.17, 15) is 19.2 Å². The van der Waals surface area contributed by atoms with Crippen molar-refractivity contribution >= 4 is 51.2 Å². The van der Waals surface area contributed by atoms with Crippen LogP contribution in [0.4, 0.5) is 0 Å². The Balaban J connectivity index is 1.35. The molecule has 0 aliphatic heterocycles. The van der Waals surface area contributed by atoms with Crippen LogP contribution < -0.4 is 36.9 Å². The van der Waals surface area contributed by atoms with Crippen LogP contribution in [0.3, 0.4) is 0 Å². The number of benzene rings is 5. The second-order valence-electron chi connectivity index (χ2n) is 16.8. The summed E-state index contributed by atoms with van der Waals surface area (Å²) in [5.74, 6) is -0.654. The molecule has 0 aliphatic carbocycles. The summed E-state index contributed by atoms with van der Waals surface area (Å²) in [5.41, 5.74) is 13.5. The minimum atomic E-state index is -1.08. The lowest BCUT2D eigenvalue weighted by Gasteiger charge is -2.25. The van der Waals surface area contributed by atoms with Crippen molar-refractivity contribution in [2.75, 3.05) is 19.8 Å². The maximum atomic E-state index is 14.0. The molecule has 3 amide bonds. The molecule has 340 valence electrons. The molecule has 0 saturated heterocycles. The monoisotopic (exact) mass is 872 g/mol. The van der Waals surface area contributed by atoms with Gasteiger partial charge in [0, 0.05) is 17.7 Å². The number of amides is 3. The smallest absolute Gasteiger partial charge is 0.328 e. The molecular weight excluding hydrogens is 809 g/mol. The quantitative estimate of drug-likeness (QED) is 0.0180. The zero-order valence-corrected chi connectivity index (χ0v) is 37.7. The fourth-order valence-corrected chi connectivity index (χ4v) is 7.43. The van der Waals surface area contributed by atoms with E-state index < -0.39 is 48.4 Å². The Morgan fingerprint density at radius 2 is 1.19 bits per heavy atom. The van der Waals surface area contributed by atoms with E-state index in [0.29, 0.717) is 43.3 Å². The Morgan fingerprint density at radius 1 is 0.625 bits per heavy atom. The number of ether oxygens (including phenoxy) is 3. The first-order valence-electron chi connectivity index (χ1n) is 22.3. The number of nitrogens with two attached hydrogens (primary N) is 2. The van der Waals surface area contributed by atoms with E-state index in [4.69, 9.17) is 25.7 Å². The predicted molar refractivity (Wildman–Crippen MR) is 254 cm³/mol. The van der Waals surface area contributed by atoms with Gasteiger partial charge in [0.2, 0.25) is 11.8 Å².